The molecule has 324 valence electrons. The fourth-order valence-corrected chi connectivity index (χ4v) is 9.76. The highest BCUT2D eigenvalue weighted by Gasteiger charge is 2.55. The second-order valence-electron chi connectivity index (χ2n) is 14.6. The van der Waals surface area contributed by atoms with E-state index in [1.165, 1.54) is 28.0 Å². The average Bonchev–Trinajstić information content (AvgIpc) is 3.81. The van der Waals surface area contributed by atoms with Crippen molar-refractivity contribution in [2.45, 2.75) is 23.1 Å². The third-order valence-corrected chi connectivity index (χ3v) is 12.8. The lowest BCUT2D eigenvalue weighted by molar-refractivity contribution is -0.154. The van der Waals surface area contributed by atoms with Gasteiger partial charge < -0.3 is 30.6 Å². The van der Waals surface area contributed by atoms with Gasteiger partial charge in [-0.3, -0.25) is 14.5 Å². The van der Waals surface area contributed by atoms with Crippen LogP contribution in [-0.4, -0.2) is 81.7 Å². The first-order valence-electron chi connectivity index (χ1n) is 20.2. The van der Waals surface area contributed by atoms with Crippen LogP contribution >= 0.6 is 23.1 Å². The highest BCUT2D eigenvalue weighted by atomic mass is 32.2. The Labute approximate surface area is 376 Å². The number of alkyl halides is 1. The number of β-lactam (4-membered cyclic amide) rings is 1. The second-order valence-corrected chi connectivity index (χ2v) is 16.5. The van der Waals surface area contributed by atoms with Crippen LogP contribution in [0.2, 0.25) is 0 Å². The number of halogens is 1. The summed E-state index contributed by atoms with van der Waals surface area (Å²) in [4.78, 5) is 60.6. The summed E-state index contributed by atoms with van der Waals surface area (Å²) in [6.45, 7) is -1.46. The van der Waals surface area contributed by atoms with Gasteiger partial charge in [-0.2, -0.15) is 0 Å². The zero-order valence-electron chi connectivity index (χ0n) is 34.0. The topological polar surface area (TPSA) is 172 Å². The van der Waals surface area contributed by atoms with Crippen molar-refractivity contribution in [2.75, 3.05) is 30.9 Å². The summed E-state index contributed by atoms with van der Waals surface area (Å²) in [6.07, 6.45) is -1.77. The van der Waals surface area contributed by atoms with Gasteiger partial charge in [0, 0.05) is 23.3 Å². The van der Waals surface area contributed by atoms with Gasteiger partial charge in [-0.1, -0.05) is 157 Å². The predicted octanol–water partition coefficient (Wildman–Crippen LogP) is 7.41. The van der Waals surface area contributed by atoms with Crippen LogP contribution in [0.4, 0.5) is 14.3 Å². The number of thiazole rings is 1. The number of carbonyl (C=O) groups excluding carboxylic acids is 4. The maximum atomic E-state index is 14.3. The molecule has 4 N–H and O–H groups in total. The van der Waals surface area contributed by atoms with E-state index in [0.29, 0.717) is 16.3 Å². The summed E-state index contributed by atoms with van der Waals surface area (Å²) in [5, 5.41) is 23.4. The van der Waals surface area contributed by atoms with Gasteiger partial charge in [0.1, 0.15) is 41.6 Å². The van der Waals surface area contributed by atoms with Gasteiger partial charge in [-0.05, 0) is 27.8 Å². The van der Waals surface area contributed by atoms with Gasteiger partial charge in [-0.15, -0.1) is 23.1 Å². The molecule has 0 aliphatic carbocycles. The minimum absolute atomic E-state index is 0.0537. The van der Waals surface area contributed by atoms with Crippen LogP contribution in [0.25, 0.3) is 0 Å². The molecule has 2 aliphatic heterocycles. The first kappa shape index (κ1) is 43.4. The van der Waals surface area contributed by atoms with Crippen LogP contribution in [0.3, 0.4) is 0 Å². The van der Waals surface area contributed by atoms with Crippen molar-refractivity contribution in [2.24, 2.45) is 5.16 Å². The summed E-state index contributed by atoms with van der Waals surface area (Å²) in [5.74, 6) is -2.28. The van der Waals surface area contributed by atoms with Crippen LogP contribution < -0.4 is 16.0 Å². The molecule has 64 heavy (non-hydrogen) atoms. The molecule has 0 bridgehead atoms. The molecule has 1 saturated heterocycles. The molecular weight excluding hydrogens is 856 g/mol. The van der Waals surface area contributed by atoms with E-state index in [0.717, 1.165) is 16.7 Å². The number of oxime groups is 1. The number of hydrogen-bond donors (Lipinski definition) is 4. The number of hydrogen-bond acceptors (Lipinski definition) is 12. The third-order valence-electron chi connectivity index (χ3n) is 10.7. The number of alkyl carbamates (subject to hydrolysis) is 1. The molecule has 5 aromatic carbocycles. The molecule has 0 unspecified atom stereocenters. The Bertz CT molecular complexity index is 2520. The van der Waals surface area contributed by atoms with E-state index in [2.05, 4.69) is 21.1 Å². The van der Waals surface area contributed by atoms with Gasteiger partial charge >= 0.3 is 12.1 Å². The van der Waals surface area contributed by atoms with E-state index >= 15 is 0 Å². The largest absolute Gasteiger partial charge is 0.448 e. The van der Waals surface area contributed by atoms with Crippen molar-refractivity contribution in [3.05, 3.63) is 202 Å². The summed E-state index contributed by atoms with van der Waals surface area (Å²) in [5.41, 5.74) is 2.97. The van der Waals surface area contributed by atoms with E-state index in [4.69, 9.17) is 14.5 Å². The Morgan fingerprint density at radius 3 is 1.88 bits per heavy atom. The number of benzene rings is 5. The van der Waals surface area contributed by atoms with Crippen LogP contribution in [0.15, 0.2) is 173 Å². The molecule has 2 atom stereocenters. The standard InChI is InChI=1S/C48H41FN6O7S2/c49-26-27-50-47(59)61-28-33-29-63-44-39(43(57)55(44)40(33)45(58)62-41(31-16-6-1-7-17-31)32-18-8-2-9-19-32)52-42(56)38(54-60)37-30-64-46(51-37)53-48(34-20-10-3-11-21-34,35-22-12-4-13-23-35)36-24-14-5-15-25-36/h1-25,30,39,41,44,60H,26-29H2,(H,50,59)(H,51,53)(H,52,56)/b54-38-/t39-,44-/m1/s1. The Morgan fingerprint density at radius 1 is 0.828 bits per heavy atom. The van der Waals surface area contributed by atoms with Gasteiger partial charge in [0.2, 0.25) is 0 Å². The number of esters is 1. The van der Waals surface area contributed by atoms with E-state index in [-0.39, 0.29) is 29.3 Å². The minimum atomic E-state index is -1.15. The molecular formula is C48H41FN6O7S2. The SMILES string of the molecule is O=C(NCCF)OCC1=C(C(=O)OC(c2ccccc2)c2ccccc2)N2C(=O)[C@@H](NC(=O)/C(=N\O)c3csc(NC(c4ccccc4)(c4ccccc4)c4ccccc4)n3)[C@H]2SC1. The highest BCUT2D eigenvalue weighted by Crippen LogP contribution is 2.43. The van der Waals surface area contributed by atoms with Crippen LogP contribution in [-0.2, 0) is 29.4 Å². The molecule has 6 aromatic rings. The molecule has 1 aromatic heterocycles. The zero-order valence-corrected chi connectivity index (χ0v) is 35.6. The molecule has 8 rings (SSSR count). The number of amides is 3. The summed E-state index contributed by atoms with van der Waals surface area (Å²) in [7, 11) is 0. The summed E-state index contributed by atoms with van der Waals surface area (Å²) < 4.78 is 24.2. The Balaban J connectivity index is 1.04. The molecule has 3 heterocycles. The van der Waals surface area contributed by atoms with Gasteiger partial charge in [0.25, 0.3) is 11.8 Å². The molecule has 1 fully saturated rings. The fraction of sp³-hybridized carbons (Fsp3) is 0.167. The number of aromatic nitrogens is 1. The number of nitrogens with zero attached hydrogens (tertiary/aromatic N) is 3. The molecule has 2 aliphatic rings. The van der Waals surface area contributed by atoms with Crippen LogP contribution in [0.5, 0.6) is 0 Å². The first-order chi connectivity index (χ1) is 31.3. The quantitative estimate of drug-likeness (QED) is 0.0192. The Hall–Kier alpha value is -7.30. The lowest BCUT2D eigenvalue weighted by Crippen LogP contribution is -2.71. The summed E-state index contributed by atoms with van der Waals surface area (Å²) in [6, 6.07) is 46.7. The zero-order chi connectivity index (χ0) is 44.5. The number of ether oxygens (including phenoxy) is 2. The second kappa shape index (κ2) is 19.8. The number of anilines is 1. The maximum Gasteiger partial charge on any atom is 0.407 e. The maximum absolute atomic E-state index is 14.3. The van der Waals surface area contributed by atoms with Crippen molar-refractivity contribution in [3.8, 4) is 0 Å². The molecule has 0 radical (unpaired) electrons. The van der Waals surface area contributed by atoms with Gasteiger partial charge in [-0.25, -0.2) is 19.0 Å². The molecule has 0 spiro atoms. The molecule has 0 saturated carbocycles. The number of fused-ring (bicyclic) bond motifs is 1. The number of nitrogens with one attached hydrogen (secondary N) is 3. The van der Waals surface area contributed by atoms with E-state index in [1.807, 2.05) is 152 Å². The number of carbonyl (C=O) groups is 4. The lowest BCUT2D eigenvalue weighted by atomic mass is 9.77. The minimum Gasteiger partial charge on any atom is -0.448 e. The monoisotopic (exact) mass is 896 g/mol. The van der Waals surface area contributed by atoms with Crippen molar-refractivity contribution < 1.29 is 38.2 Å². The molecule has 13 nitrogen and oxygen atoms in total. The number of thioether (sulfide) groups is 1. The fourth-order valence-electron chi connectivity index (χ4n) is 7.69. The number of rotatable bonds is 16. The van der Waals surface area contributed by atoms with Crippen molar-refractivity contribution in [3.63, 3.8) is 0 Å². The van der Waals surface area contributed by atoms with Crippen LogP contribution in [0.1, 0.15) is 39.6 Å². The lowest BCUT2D eigenvalue weighted by Gasteiger charge is -2.49. The third kappa shape index (κ3) is 8.96. The average molecular weight is 897 g/mol. The Morgan fingerprint density at radius 2 is 1.36 bits per heavy atom. The van der Waals surface area contributed by atoms with E-state index in [1.54, 1.807) is 5.38 Å². The molecule has 3 amide bonds. The smallest absolute Gasteiger partial charge is 0.407 e. The molecule has 16 heteroatoms. The summed E-state index contributed by atoms with van der Waals surface area (Å²) >= 11 is 2.43. The van der Waals surface area contributed by atoms with E-state index in [9.17, 15) is 28.8 Å². The first-order valence-corrected chi connectivity index (χ1v) is 22.1. The van der Waals surface area contributed by atoms with Gasteiger partial charge in [0.05, 0.1) is 0 Å². The van der Waals surface area contributed by atoms with Gasteiger partial charge in [0.15, 0.2) is 16.9 Å². The Kier molecular flexibility index (Phi) is 13.4. The predicted molar refractivity (Wildman–Crippen MR) is 241 cm³/mol. The van der Waals surface area contributed by atoms with Crippen molar-refractivity contribution in [1.82, 2.24) is 20.5 Å². The normalized spacial score (nSPS) is 16.1. The van der Waals surface area contributed by atoms with Crippen molar-refractivity contribution in [1.29, 1.82) is 0 Å². The van der Waals surface area contributed by atoms with E-state index < -0.39 is 65.9 Å². The van der Waals surface area contributed by atoms with Crippen molar-refractivity contribution >= 4 is 57.8 Å². The highest BCUT2D eigenvalue weighted by molar-refractivity contribution is 8.00. The van der Waals surface area contributed by atoms with Crippen LogP contribution in [0, 0.1) is 0 Å².